The number of phenolic OH excluding ortho intramolecular Hbond substituents is 1. The van der Waals surface area contributed by atoms with Gasteiger partial charge in [0.25, 0.3) is 0 Å². The number of allylic oxidation sites excluding steroid dienone is 1. The van der Waals surface area contributed by atoms with Gasteiger partial charge in [0.2, 0.25) is 0 Å². The Bertz CT molecular complexity index is 599. The van der Waals surface area contributed by atoms with Gasteiger partial charge >= 0.3 is 0 Å². The Morgan fingerprint density at radius 3 is 2.40 bits per heavy atom. The van der Waals surface area contributed by atoms with Crippen molar-refractivity contribution in [1.82, 2.24) is 0 Å². The highest BCUT2D eigenvalue weighted by Gasteiger charge is 2.14. The van der Waals surface area contributed by atoms with Crippen molar-refractivity contribution in [2.24, 2.45) is 0 Å². The van der Waals surface area contributed by atoms with E-state index in [2.05, 4.69) is 20.4 Å². The van der Waals surface area contributed by atoms with Crippen molar-refractivity contribution in [3.63, 3.8) is 0 Å². The van der Waals surface area contributed by atoms with Gasteiger partial charge in [-0.25, -0.2) is 0 Å². The molecule has 3 N–H and O–H groups in total. The number of rotatable bonds is 11. The molecule has 0 fully saturated rings. The summed E-state index contributed by atoms with van der Waals surface area (Å²) in [4.78, 5) is 0. The summed E-state index contributed by atoms with van der Waals surface area (Å²) in [5, 5.41) is 29.7. The van der Waals surface area contributed by atoms with Crippen molar-refractivity contribution in [3.8, 4) is 5.75 Å². The summed E-state index contributed by atoms with van der Waals surface area (Å²) in [5.41, 5.74) is 3.66. The first-order chi connectivity index (χ1) is 12.0. The maximum absolute atomic E-state index is 10.6. The predicted molar refractivity (Wildman–Crippen MR) is 105 cm³/mol. The molecular weight excluding hydrogens is 312 g/mol. The van der Waals surface area contributed by atoms with E-state index >= 15 is 0 Å². The molecule has 138 valence electrons. The molecule has 0 aliphatic carbocycles. The lowest BCUT2D eigenvalue weighted by Gasteiger charge is -2.18. The highest BCUT2D eigenvalue weighted by atomic mass is 16.3. The molecule has 1 rings (SSSR count). The molecule has 3 heteroatoms. The molecule has 0 aliphatic heterocycles. The normalized spacial score (nSPS) is 13.8. The first-order valence-corrected chi connectivity index (χ1v) is 9.18. The summed E-state index contributed by atoms with van der Waals surface area (Å²) in [6, 6.07) is 7.28. The number of para-hydroxylation sites is 1. The maximum Gasteiger partial charge on any atom is 0.122 e. The Balaban J connectivity index is 2.84. The van der Waals surface area contributed by atoms with Crippen molar-refractivity contribution in [2.45, 2.75) is 58.5 Å². The van der Waals surface area contributed by atoms with E-state index in [0.29, 0.717) is 6.42 Å². The van der Waals surface area contributed by atoms with Crippen LogP contribution in [0.1, 0.15) is 57.9 Å². The van der Waals surface area contributed by atoms with E-state index in [1.54, 1.807) is 18.2 Å². The summed E-state index contributed by atoms with van der Waals surface area (Å²) in [6.07, 6.45) is 8.08. The SMILES string of the molecule is C=C(CCC)/C(=C/CO)C(O)CC/C(=C/c1ccccc1O)CCC. The summed E-state index contributed by atoms with van der Waals surface area (Å²) in [7, 11) is 0. The number of hydrogen-bond acceptors (Lipinski definition) is 3. The highest BCUT2D eigenvalue weighted by Crippen LogP contribution is 2.26. The molecule has 0 aromatic heterocycles. The van der Waals surface area contributed by atoms with Gasteiger partial charge in [0, 0.05) is 5.56 Å². The van der Waals surface area contributed by atoms with E-state index in [4.69, 9.17) is 0 Å². The number of aliphatic hydroxyl groups is 2. The predicted octanol–water partition coefficient (Wildman–Crippen LogP) is 4.99. The average Bonchev–Trinajstić information content (AvgIpc) is 2.59. The van der Waals surface area contributed by atoms with Crippen LogP contribution in [0.2, 0.25) is 0 Å². The average molecular weight is 344 g/mol. The Hall–Kier alpha value is -1.84. The monoisotopic (exact) mass is 344 g/mol. The van der Waals surface area contributed by atoms with Crippen molar-refractivity contribution in [2.75, 3.05) is 6.61 Å². The van der Waals surface area contributed by atoms with Crippen LogP contribution in [0.3, 0.4) is 0 Å². The third-order valence-corrected chi connectivity index (χ3v) is 4.24. The summed E-state index contributed by atoms with van der Waals surface area (Å²) >= 11 is 0. The van der Waals surface area contributed by atoms with Crippen LogP contribution >= 0.6 is 0 Å². The molecule has 0 heterocycles. The van der Waals surface area contributed by atoms with E-state index in [-0.39, 0.29) is 12.4 Å². The van der Waals surface area contributed by atoms with Crippen molar-refractivity contribution in [3.05, 3.63) is 59.2 Å². The van der Waals surface area contributed by atoms with Crippen molar-refractivity contribution < 1.29 is 15.3 Å². The minimum Gasteiger partial charge on any atom is -0.507 e. The molecule has 0 saturated heterocycles. The molecule has 3 nitrogen and oxygen atoms in total. The summed E-state index contributed by atoms with van der Waals surface area (Å²) < 4.78 is 0. The summed E-state index contributed by atoms with van der Waals surface area (Å²) in [5.74, 6) is 0.272. The van der Waals surface area contributed by atoms with Crippen molar-refractivity contribution >= 4 is 6.08 Å². The van der Waals surface area contributed by atoms with E-state index < -0.39 is 6.10 Å². The van der Waals surface area contributed by atoms with Gasteiger partial charge in [0.05, 0.1) is 12.7 Å². The van der Waals surface area contributed by atoms with Gasteiger partial charge in [-0.2, -0.15) is 0 Å². The lowest BCUT2D eigenvalue weighted by Crippen LogP contribution is -2.13. The molecule has 0 spiro atoms. The van der Waals surface area contributed by atoms with E-state index in [0.717, 1.165) is 48.8 Å². The van der Waals surface area contributed by atoms with Crippen LogP contribution in [0.4, 0.5) is 0 Å². The molecular formula is C22H32O3. The zero-order chi connectivity index (χ0) is 18.7. The second kappa shape index (κ2) is 11.7. The Morgan fingerprint density at radius 2 is 1.80 bits per heavy atom. The van der Waals surface area contributed by atoms with Gasteiger partial charge < -0.3 is 15.3 Å². The standard InChI is InChI=1S/C22H32O3/c1-4-8-17(3)20(14-15-23)22(25)13-12-18(9-5-2)16-19-10-6-7-11-21(19)24/h6-7,10-11,14,16,22-25H,3-5,8-9,12-13,15H2,1-2H3/b18-16+,20-14-. The van der Waals surface area contributed by atoms with Gasteiger partial charge in [0.1, 0.15) is 5.75 Å². The van der Waals surface area contributed by atoms with Crippen LogP contribution in [-0.2, 0) is 0 Å². The molecule has 1 unspecified atom stereocenters. The second-order valence-electron chi connectivity index (χ2n) is 6.36. The number of aromatic hydroxyl groups is 1. The van der Waals surface area contributed by atoms with Crippen LogP contribution in [-0.4, -0.2) is 28.0 Å². The molecule has 0 bridgehead atoms. The third-order valence-electron chi connectivity index (χ3n) is 4.24. The van der Waals surface area contributed by atoms with Crippen LogP contribution < -0.4 is 0 Å². The molecule has 25 heavy (non-hydrogen) atoms. The maximum atomic E-state index is 10.6. The molecule has 0 radical (unpaired) electrons. The topological polar surface area (TPSA) is 60.7 Å². The second-order valence-corrected chi connectivity index (χ2v) is 6.36. The van der Waals surface area contributed by atoms with Gasteiger partial charge in [-0.15, -0.1) is 0 Å². The minimum atomic E-state index is -0.629. The molecule has 1 aromatic carbocycles. The van der Waals surface area contributed by atoms with E-state index in [9.17, 15) is 15.3 Å². The van der Waals surface area contributed by atoms with Gasteiger partial charge in [-0.05, 0) is 42.9 Å². The fourth-order valence-corrected chi connectivity index (χ4v) is 2.96. The molecule has 1 aromatic rings. The fraction of sp³-hybridized carbons (Fsp3) is 0.455. The molecule has 0 amide bonds. The largest absolute Gasteiger partial charge is 0.507 e. The molecule has 0 saturated carbocycles. The highest BCUT2D eigenvalue weighted by molar-refractivity contribution is 5.59. The summed E-state index contributed by atoms with van der Waals surface area (Å²) in [6.45, 7) is 8.14. The minimum absolute atomic E-state index is 0.0926. The number of benzene rings is 1. The zero-order valence-corrected chi connectivity index (χ0v) is 15.5. The van der Waals surface area contributed by atoms with Crippen LogP contribution in [0, 0.1) is 0 Å². The lowest BCUT2D eigenvalue weighted by atomic mass is 9.92. The smallest absolute Gasteiger partial charge is 0.122 e. The fourth-order valence-electron chi connectivity index (χ4n) is 2.96. The number of phenols is 1. The van der Waals surface area contributed by atoms with E-state index in [1.165, 1.54) is 5.57 Å². The lowest BCUT2D eigenvalue weighted by molar-refractivity contribution is 0.200. The van der Waals surface area contributed by atoms with Crippen LogP contribution in [0.25, 0.3) is 6.08 Å². The zero-order valence-electron chi connectivity index (χ0n) is 15.5. The Morgan fingerprint density at radius 1 is 1.12 bits per heavy atom. The van der Waals surface area contributed by atoms with Gasteiger partial charge in [-0.3, -0.25) is 0 Å². The number of aliphatic hydroxyl groups excluding tert-OH is 2. The van der Waals surface area contributed by atoms with Gasteiger partial charge in [0.15, 0.2) is 0 Å². The Labute approximate surface area is 152 Å². The molecule has 0 aliphatic rings. The Kier molecular flexibility index (Phi) is 9.90. The number of hydrogen-bond donors (Lipinski definition) is 3. The molecule has 1 atom stereocenters. The van der Waals surface area contributed by atoms with E-state index in [1.807, 2.05) is 18.2 Å². The van der Waals surface area contributed by atoms with Crippen LogP contribution in [0.5, 0.6) is 5.75 Å². The first-order valence-electron chi connectivity index (χ1n) is 9.18. The first kappa shape index (κ1) is 21.2. The van der Waals surface area contributed by atoms with Crippen molar-refractivity contribution in [1.29, 1.82) is 0 Å². The third kappa shape index (κ3) is 7.29. The quantitative estimate of drug-likeness (QED) is 0.496. The van der Waals surface area contributed by atoms with Gasteiger partial charge in [-0.1, -0.05) is 69.2 Å². The van der Waals surface area contributed by atoms with Crippen LogP contribution in [0.15, 0.2) is 53.6 Å².